The number of rotatable bonds is 5. The van der Waals surface area contributed by atoms with Crippen LogP contribution in [0.4, 0.5) is 8.78 Å². The van der Waals surface area contributed by atoms with E-state index in [0.29, 0.717) is 24.9 Å². The van der Waals surface area contributed by atoms with Crippen molar-refractivity contribution in [3.05, 3.63) is 41.7 Å². The molecule has 1 saturated heterocycles. The van der Waals surface area contributed by atoms with Gasteiger partial charge in [0.15, 0.2) is 11.5 Å². The molecule has 4 atom stereocenters. The lowest BCUT2D eigenvalue weighted by molar-refractivity contribution is -0.136. The van der Waals surface area contributed by atoms with Crippen LogP contribution in [0.1, 0.15) is 43.1 Å². The van der Waals surface area contributed by atoms with Crippen LogP contribution < -0.4 is 5.32 Å². The molecule has 1 aromatic heterocycles. The van der Waals surface area contributed by atoms with Gasteiger partial charge in [-0.3, -0.25) is 14.5 Å². The Hall–Kier alpha value is -2.88. The van der Waals surface area contributed by atoms with Crippen molar-refractivity contribution >= 4 is 11.8 Å². The van der Waals surface area contributed by atoms with Gasteiger partial charge in [0.25, 0.3) is 5.91 Å². The lowest BCUT2D eigenvalue weighted by atomic mass is 9.88. The minimum absolute atomic E-state index is 0.00150. The van der Waals surface area contributed by atoms with E-state index in [-0.39, 0.29) is 29.2 Å². The number of amides is 2. The smallest absolute Gasteiger partial charge is 0.273 e. The number of carbonyl (C=O) groups is 2. The molecule has 2 fully saturated rings. The number of hydrogen-bond donors (Lipinski definition) is 1. The van der Waals surface area contributed by atoms with E-state index in [1.54, 1.807) is 19.0 Å². The van der Waals surface area contributed by atoms with Crippen molar-refractivity contribution in [3.8, 4) is 5.69 Å². The van der Waals surface area contributed by atoms with Crippen LogP contribution in [0.25, 0.3) is 5.69 Å². The maximum atomic E-state index is 14.1. The third-order valence-electron chi connectivity index (χ3n) is 6.89. The quantitative estimate of drug-likeness (QED) is 0.740. The SMILES string of the molecule is CC1CCCC1N1CCC(NC(=O)c2cn(-c3ccc(F)cc3F)nn2)C(C(=O)N(C)C)C1. The summed E-state index contributed by atoms with van der Waals surface area (Å²) in [6.45, 7) is 3.68. The van der Waals surface area contributed by atoms with Crippen LogP contribution in [-0.2, 0) is 4.79 Å². The highest BCUT2D eigenvalue weighted by atomic mass is 19.1. The van der Waals surface area contributed by atoms with Gasteiger partial charge in [0.05, 0.1) is 12.1 Å². The van der Waals surface area contributed by atoms with Crippen LogP contribution in [-0.4, -0.2) is 75.9 Å². The fourth-order valence-corrected chi connectivity index (χ4v) is 5.10. The zero-order valence-electron chi connectivity index (χ0n) is 19.2. The van der Waals surface area contributed by atoms with Gasteiger partial charge in [-0.25, -0.2) is 13.5 Å². The number of nitrogens with zero attached hydrogens (tertiary/aromatic N) is 5. The first kappa shape index (κ1) is 23.3. The first-order valence-corrected chi connectivity index (χ1v) is 11.4. The Morgan fingerprint density at radius 3 is 2.64 bits per heavy atom. The number of halogens is 2. The number of carbonyl (C=O) groups excluding carboxylic acids is 2. The van der Waals surface area contributed by atoms with Crippen molar-refractivity contribution in [1.82, 2.24) is 30.1 Å². The largest absolute Gasteiger partial charge is 0.348 e. The Kier molecular flexibility index (Phi) is 6.73. The van der Waals surface area contributed by atoms with Crippen LogP contribution >= 0.6 is 0 Å². The first-order chi connectivity index (χ1) is 15.7. The lowest BCUT2D eigenvalue weighted by Crippen LogP contribution is -2.57. The summed E-state index contributed by atoms with van der Waals surface area (Å²) in [7, 11) is 3.45. The minimum Gasteiger partial charge on any atom is -0.348 e. The van der Waals surface area contributed by atoms with Crippen molar-refractivity contribution in [2.45, 2.75) is 44.7 Å². The number of benzene rings is 1. The maximum Gasteiger partial charge on any atom is 0.273 e. The van der Waals surface area contributed by atoms with Gasteiger partial charge in [0.2, 0.25) is 5.91 Å². The van der Waals surface area contributed by atoms with Crippen LogP contribution in [0.15, 0.2) is 24.4 Å². The standard InChI is InChI=1S/C23H30F2N6O2/c1-14-5-4-6-20(14)30-10-9-18(16(12-30)23(33)29(2)3)26-22(32)19-13-31(28-27-19)21-8-7-15(24)11-17(21)25/h7-8,11,13-14,16,18,20H,4-6,9-10,12H2,1-3H3,(H,26,32). The van der Waals surface area contributed by atoms with Crippen molar-refractivity contribution in [3.63, 3.8) is 0 Å². The zero-order valence-corrected chi connectivity index (χ0v) is 19.2. The molecule has 0 bridgehead atoms. The van der Waals surface area contributed by atoms with Crippen molar-refractivity contribution in [1.29, 1.82) is 0 Å². The summed E-state index contributed by atoms with van der Waals surface area (Å²) in [6, 6.07) is 3.22. The number of aromatic nitrogens is 3. The molecule has 178 valence electrons. The Morgan fingerprint density at radius 1 is 1.18 bits per heavy atom. The number of hydrogen-bond acceptors (Lipinski definition) is 5. The van der Waals surface area contributed by atoms with Gasteiger partial charge < -0.3 is 10.2 Å². The Morgan fingerprint density at radius 2 is 1.97 bits per heavy atom. The molecule has 1 saturated carbocycles. The Balaban J connectivity index is 1.48. The normalized spacial score (nSPS) is 25.7. The fraction of sp³-hybridized carbons (Fsp3) is 0.565. The molecular weight excluding hydrogens is 430 g/mol. The summed E-state index contributed by atoms with van der Waals surface area (Å²) < 4.78 is 28.3. The minimum atomic E-state index is -0.808. The third kappa shape index (κ3) is 4.90. The van der Waals surface area contributed by atoms with Crippen LogP contribution in [0.2, 0.25) is 0 Å². The van der Waals surface area contributed by atoms with Gasteiger partial charge in [-0.05, 0) is 37.3 Å². The number of nitrogens with one attached hydrogen (secondary N) is 1. The molecule has 33 heavy (non-hydrogen) atoms. The van der Waals surface area contributed by atoms with Gasteiger partial charge in [0, 0.05) is 45.3 Å². The molecule has 2 aliphatic rings. The molecule has 8 nitrogen and oxygen atoms in total. The van der Waals surface area contributed by atoms with Gasteiger partial charge in [-0.1, -0.05) is 18.6 Å². The number of likely N-dealkylation sites (tertiary alicyclic amines) is 1. The van der Waals surface area contributed by atoms with Crippen LogP contribution in [0, 0.1) is 23.5 Å². The topological polar surface area (TPSA) is 83.4 Å². The summed E-state index contributed by atoms with van der Waals surface area (Å²) in [4.78, 5) is 29.8. The zero-order chi connectivity index (χ0) is 23.7. The van der Waals surface area contributed by atoms with E-state index in [2.05, 4.69) is 27.5 Å². The van der Waals surface area contributed by atoms with Crippen molar-refractivity contribution < 1.29 is 18.4 Å². The molecule has 1 aliphatic carbocycles. The molecule has 4 unspecified atom stereocenters. The van der Waals surface area contributed by atoms with E-state index < -0.39 is 17.5 Å². The molecule has 0 spiro atoms. The second-order valence-corrected chi connectivity index (χ2v) is 9.32. The average Bonchev–Trinajstić information content (AvgIpc) is 3.43. The molecular formula is C23H30F2N6O2. The second kappa shape index (κ2) is 9.54. The third-order valence-corrected chi connectivity index (χ3v) is 6.89. The number of piperidine rings is 1. The van der Waals surface area contributed by atoms with Crippen molar-refractivity contribution in [2.24, 2.45) is 11.8 Å². The summed E-state index contributed by atoms with van der Waals surface area (Å²) >= 11 is 0. The summed E-state index contributed by atoms with van der Waals surface area (Å²) in [5, 5.41) is 10.6. The summed E-state index contributed by atoms with van der Waals surface area (Å²) in [5.41, 5.74) is -0.00998. The highest BCUT2D eigenvalue weighted by Crippen LogP contribution is 2.33. The Bertz CT molecular complexity index is 1030. The van der Waals surface area contributed by atoms with Gasteiger partial charge in [0.1, 0.15) is 11.5 Å². The predicted molar refractivity (Wildman–Crippen MR) is 118 cm³/mol. The first-order valence-electron chi connectivity index (χ1n) is 11.4. The van der Waals surface area contributed by atoms with E-state index in [9.17, 15) is 18.4 Å². The van der Waals surface area contributed by atoms with Crippen LogP contribution in [0.3, 0.4) is 0 Å². The summed E-state index contributed by atoms with van der Waals surface area (Å²) in [6.07, 6.45) is 5.50. The van der Waals surface area contributed by atoms with Gasteiger partial charge in [-0.2, -0.15) is 0 Å². The van der Waals surface area contributed by atoms with Gasteiger partial charge in [-0.15, -0.1) is 5.10 Å². The van der Waals surface area contributed by atoms with Crippen molar-refractivity contribution in [2.75, 3.05) is 27.2 Å². The van der Waals surface area contributed by atoms with Crippen LogP contribution in [0.5, 0.6) is 0 Å². The average molecular weight is 461 g/mol. The van der Waals surface area contributed by atoms with E-state index in [1.807, 2.05) is 0 Å². The molecule has 0 radical (unpaired) electrons. The molecule has 2 heterocycles. The second-order valence-electron chi connectivity index (χ2n) is 9.32. The molecule has 1 aliphatic heterocycles. The molecule has 4 rings (SSSR count). The monoisotopic (exact) mass is 460 g/mol. The Labute approximate surface area is 191 Å². The molecule has 1 aromatic carbocycles. The maximum absolute atomic E-state index is 14.1. The molecule has 2 aromatic rings. The highest BCUT2D eigenvalue weighted by Gasteiger charge is 2.40. The molecule has 1 N–H and O–H groups in total. The highest BCUT2D eigenvalue weighted by molar-refractivity contribution is 5.92. The van der Waals surface area contributed by atoms with E-state index in [0.717, 1.165) is 29.8 Å². The van der Waals surface area contributed by atoms with E-state index in [1.165, 1.54) is 25.1 Å². The van der Waals surface area contributed by atoms with E-state index >= 15 is 0 Å². The van der Waals surface area contributed by atoms with Gasteiger partial charge >= 0.3 is 0 Å². The lowest BCUT2D eigenvalue weighted by Gasteiger charge is -2.42. The molecule has 10 heteroatoms. The predicted octanol–water partition coefficient (Wildman–Crippen LogP) is 2.24. The molecule has 2 amide bonds. The summed E-state index contributed by atoms with van der Waals surface area (Å²) in [5.74, 6) is -1.77. The van der Waals surface area contributed by atoms with E-state index in [4.69, 9.17) is 0 Å². The fourth-order valence-electron chi connectivity index (χ4n) is 5.10.